The lowest BCUT2D eigenvalue weighted by molar-refractivity contribution is -0.117. The molecule has 88 valence electrons. The van der Waals surface area contributed by atoms with Gasteiger partial charge in [-0.05, 0) is 18.6 Å². The Bertz CT molecular complexity index is 382. The van der Waals surface area contributed by atoms with Crippen LogP contribution in [0.25, 0.3) is 0 Å². The molecule has 16 heavy (non-hydrogen) atoms. The number of hydrogen-bond donors (Lipinski definition) is 2. The Labute approximate surface area is 93.6 Å². The molecule has 0 aromatic heterocycles. The highest BCUT2D eigenvalue weighted by atomic mass is 19.1. The van der Waals surface area contributed by atoms with E-state index >= 15 is 0 Å². The third-order valence-corrected chi connectivity index (χ3v) is 2.21. The number of anilines is 1. The summed E-state index contributed by atoms with van der Waals surface area (Å²) in [7, 11) is 1.47. The third-order valence-electron chi connectivity index (χ3n) is 2.21. The molecule has 0 saturated carbocycles. The van der Waals surface area contributed by atoms with E-state index in [0.717, 1.165) is 0 Å². The number of carbonyl (C=O) groups excluding carboxylic acids is 1. The van der Waals surface area contributed by atoms with Crippen molar-refractivity contribution in [3.05, 3.63) is 24.0 Å². The van der Waals surface area contributed by atoms with Crippen molar-refractivity contribution in [2.75, 3.05) is 12.4 Å². The van der Waals surface area contributed by atoms with Crippen molar-refractivity contribution in [2.45, 2.75) is 19.4 Å². The van der Waals surface area contributed by atoms with Crippen LogP contribution in [0.2, 0.25) is 0 Å². The zero-order valence-corrected chi connectivity index (χ0v) is 9.29. The molecule has 0 bridgehead atoms. The summed E-state index contributed by atoms with van der Waals surface area (Å²) in [5.41, 5.74) is 5.60. The smallest absolute Gasteiger partial charge is 0.241 e. The fraction of sp³-hybridized carbons (Fsp3) is 0.364. The topological polar surface area (TPSA) is 64.4 Å². The van der Waals surface area contributed by atoms with Crippen molar-refractivity contribution in [1.29, 1.82) is 0 Å². The first-order valence-electron chi connectivity index (χ1n) is 4.98. The second kappa shape index (κ2) is 5.46. The Hall–Kier alpha value is -1.62. The first kappa shape index (κ1) is 12.4. The second-order valence-corrected chi connectivity index (χ2v) is 3.35. The zero-order chi connectivity index (χ0) is 12.1. The molecule has 0 aliphatic rings. The Morgan fingerprint density at radius 3 is 2.88 bits per heavy atom. The van der Waals surface area contributed by atoms with Crippen molar-refractivity contribution < 1.29 is 13.9 Å². The van der Waals surface area contributed by atoms with Gasteiger partial charge in [0.05, 0.1) is 18.8 Å². The number of halogens is 1. The van der Waals surface area contributed by atoms with Crippen LogP contribution in [0.4, 0.5) is 10.1 Å². The largest absolute Gasteiger partial charge is 0.497 e. The molecule has 4 nitrogen and oxygen atoms in total. The van der Waals surface area contributed by atoms with Gasteiger partial charge in [-0.2, -0.15) is 0 Å². The van der Waals surface area contributed by atoms with Crippen LogP contribution in [-0.4, -0.2) is 19.1 Å². The van der Waals surface area contributed by atoms with Gasteiger partial charge in [0.15, 0.2) is 0 Å². The van der Waals surface area contributed by atoms with Gasteiger partial charge in [-0.1, -0.05) is 6.92 Å². The summed E-state index contributed by atoms with van der Waals surface area (Å²) < 4.78 is 18.3. The molecule has 1 atom stereocenters. The summed E-state index contributed by atoms with van der Waals surface area (Å²) in [6.07, 6.45) is 0.497. The van der Waals surface area contributed by atoms with Crippen molar-refractivity contribution in [3.8, 4) is 5.75 Å². The highest BCUT2D eigenvalue weighted by Crippen LogP contribution is 2.21. The number of rotatable bonds is 4. The summed E-state index contributed by atoms with van der Waals surface area (Å²) in [5, 5.41) is 2.42. The Kier molecular flexibility index (Phi) is 4.25. The molecule has 0 radical (unpaired) electrons. The maximum Gasteiger partial charge on any atom is 0.241 e. The van der Waals surface area contributed by atoms with E-state index in [9.17, 15) is 9.18 Å². The minimum absolute atomic E-state index is 0.0771. The van der Waals surface area contributed by atoms with Gasteiger partial charge in [0.1, 0.15) is 11.6 Å². The number of methoxy groups -OCH3 is 1. The molecule has 1 amide bonds. The van der Waals surface area contributed by atoms with E-state index in [2.05, 4.69) is 5.32 Å². The molecule has 1 aromatic carbocycles. The third kappa shape index (κ3) is 2.93. The number of nitrogens with one attached hydrogen (secondary N) is 1. The Morgan fingerprint density at radius 1 is 1.62 bits per heavy atom. The van der Waals surface area contributed by atoms with E-state index in [1.54, 1.807) is 6.92 Å². The van der Waals surface area contributed by atoms with E-state index in [1.807, 2.05) is 0 Å². The number of benzene rings is 1. The lowest BCUT2D eigenvalue weighted by Crippen LogP contribution is -2.35. The van der Waals surface area contributed by atoms with Crippen LogP contribution >= 0.6 is 0 Å². The fourth-order valence-corrected chi connectivity index (χ4v) is 1.14. The highest BCUT2D eigenvalue weighted by molar-refractivity contribution is 5.94. The fourth-order valence-electron chi connectivity index (χ4n) is 1.14. The minimum Gasteiger partial charge on any atom is -0.497 e. The average molecular weight is 226 g/mol. The van der Waals surface area contributed by atoms with Crippen molar-refractivity contribution in [1.82, 2.24) is 0 Å². The van der Waals surface area contributed by atoms with E-state index < -0.39 is 17.8 Å². The first-order valence-corrected chi connectivity index (χ1v) is 4.98. The number of hydrogen-bond acceptors (Lipinski definition) is 3. The number of amides is 1. The molecule has 1 aromatic rings. The van der Waals surface area contributed by atoms with Crippen LogP contribution in [0.15, 0.2) is 18.2 Å². The van der Waals surface area contributed by atoms with Gasteiger partial charge < -0.3 is 15.8 Å². The molecule has 0 saturated heterocycles. The summed E-state index contributed by atoms with van der Waals surface area (Å²) >= 11 is 0. The van der Waals surface area contributed by atoms with Gasteiger partial charge in [0, 0.05) is 6.07 Å². The van der Waals surface area contributed by atoms with Gasteiger partial charge in [-0.15, -0.1) is 0 Å². The Balaban J connectivity index is 2.83. The maximum absolute atomic E-state index is 13.3. The molecular formula is C11H15FN2O2. The molecule has 0 aliphatic carbocycles. The van der Waals surface area contributed by atoms with E-state index in [1.165, 1.54) is 25.3 Å². The minimum atomic E-state index is -0.634. The van der Waals surface area contributed by atoms with Crippen molar-refractivity contribution >= 4 is 11.6 Å². The summed E-state index contributed by atoms with van der Waals surface area (Å²) in [6, 6.07) is 3.48. The summed E-state index contributed by atoms with van der Waals surface area (Å²) in [6.45, 7) is 1.78. The van der Waals surface area contributed by atoms with E-state index in [4.69, 9.17) is 10.5 Å². The van der Waals surface area contributed by atoms with Crippen LogP contribution in [0.5, 0.6) is 5.75 Å². The molecule has 1 rings (SSSR count). The number of ether oxygens (including phenoxy) is 1. The predicted molar refractivity (Wildman–Crippen MR) is 59.8 cm³/mol. The molecule has 5 heteroatoms. The normalized spacial score (nSPS) is 12.0. The maximum atomic E-state index is 13.3. The van der Waals surface area contributed by atoms with Crippen LogP contribution in [0.1, 0.15) is 13.3 Å². The van der Waals surface area contributed by atoms with E-state index in [0.29, 0.717) is 12.2 Å². The molecule has 0 aliphatic heterocycles. The van der Waals surface area contributed by atoms with Crippen molar-refractivity contribution in [2.24, 2.45) is 5.73 Å². The Morgan fingerprint density at radius 2 is 2.31 bits per heavy atom. The number of nitrogens with two attached hydrogens (primary N) is 1. The first-order chi connectivity index (χ1) is 7.58. The zero-order valence-electron chi connectivity index (χ0n) is 9.29. The summed E-state index contributed by atoms with van der Waals surface area (Å²) in [4.78, 5) is 11.5. The van der Waals surface area contributed by atoms with Gasteiger partial charge in [-0.25, -0.2) is 4.39 Å². The lowest BCUT2D eigenvalue weighted by Gasteiger charge is -2.11. The van der Waals surface area contributed by atoms with Crippen LogP contribution in [-0.2, 0) is 4.79 Å². The van der Waals surface area contributed by atoms with Gasteiger partial charge in [0.2, 0.25) is 5.91 Å². The molecular weight excluding hydrogens is 211 g/mol. The van der Waals surface area contributed by atoms with Crippen molar-refractivity contribution in [3.63, 3.8) is 0 Å². The molecule has 0 heterocycles. The predicted octanol–water partition coefficient (Wildman–Crippen LogP) is 1.51. The van der Waals surface area contributed by atoms with Crippen LogP contribution in [0.3, 0.4) is 0 Å². The van der Waals surface area contributed by atoms with Crippen LogP contribution < -0.4 is 15.8 Å². The van der Waals surface area contributed by atoms with Gasteiger partial charge >= 0.3 is 0 Å². The molecule has 0 unspecified atom stereocenters. The standard InChI is InChI=1S/C11H15FN2O2/c1-3-9(13)11(15)14-10-6-7(16-2)4-5-8(10)12/h4-6,9H,3,13H2,1-2H3,(H,14,15)/t9-/m0/s1. The van der Waals surface area contributed by atoms with E-state index in [-0.39, 0.29) is 5.69 Å². The lowest BCUT2D eigenvalue weighted by atomic mass is 10.2. The summed E-state index contributed by atoms with van der Waals surface area (Å²) in [5.74, 6) is -0.450. The number of carbonyl (C=O) groups is 1. The highest BCUT2D eigenvalue weighted by Gasteiger charge is 2.13. The molecule has 0 spiro atoms. The van der Waals surface area contributed by atoms with Crippen LogP contribution in [0, 0.1) is 5.82 Å². The quantitative estimate of drug-likeness (QED) is 0.817. The van der Waals surface area contributed by atoms with Gasteiger partial charge in [0.25, 0.3) is 0 Å². The monoisotopic (exact) mass is 226 g/mol. The molecule has 0 fully saturated rings. The van der Waals surface area contributed by atoms with Gasteiger partial charge in [-0.3, -0.25) is 4.79 Å². The molecule has 3 N–H and O–H groups in total. The average Bonchev–Trinajstić information content (AvgIpc) is 2.30. The SMILES string of the molecule is CC[C@H](N)C(=O)Nc1cc(OC)ccc1F. The second-order valence-electron chi connectivity index (χ2n) is 3.35.